The van der Waals surface area contributed by atoms with Gasteiger partial charge >= 0.3 is 0 Å². The SMILES string of the molecule is CCC(O)c1c(-c2ccc(Cl)c(C)c2)nc2ccccn12. The Morgan fingerprint density at radius 1 is 1.29 bits per heavy atom. The Balaban J connectivity index is 2.28. The van der Waals surface area contributed by atoms with Crippen LogP contribution in [0.15, 0.2) is 42.6 Å². The van der Waals surface area contributed by atoms with E-state index in [0.717, 1.165) is 33.2 Å². The zero-order valence-corrected chi connectivity index (χ0v) is 12.8. The molecule has 0 amide bonds. The first-order valence-corrected chi connectivity index (χ1v) is 7.41. The van der Waals surface area contributed by atoms with Crippen LogP contribution in [-0.4, -0.2) is 14.5 Å². The molecular formula is C17H17ClN2O. The number of rotatable bonds is 3. The van der Waals surface area contributed by atoms with Crippen LogP contribution in [0.2, 0.25) is 5.02 Å². The number of hydrogen-bond acceptors (Lipinski definition) is 2. The van der Waals surface area contributed by atoms with E-state index >= 15 is 0 Å². The standard InChI is InChI=1S/C17H17ClN2O/c1-3-14(21)17-16(12-7-8-13(18)11(2)10-12)19-15-6-4-5-9-20(15)17/h4-10,14,21H,3H2,1-2H3. The zero-order valence-electron chi connectivity index (χ0n) is 12.0. The van der Waals surface area contributed by atoms with Gasteiger partial charge in [0.25, 0.3) is 0 Å². The van der Waals surface area contributed by atoms with Crippen molar-refractivity contribution in [2.75, 3.05) is 0 Å². The lowest BCUT2D eigenvalue weighted by Crippen LogP contribution is -2.02. The largest absolute Gasteiger partial charge is 0.387 e. The number of nitrogens with zero attached hydrogens (tertiary/aromatic N) is 2. The van der Waals surface area contributed by atoms with Crippen LogP contribution in [0.4, 0.5) is 0 Å². The van der Waals surface area contributed by atoms with Gasteiger partial charge in [0, 0.05) is 16.8 Å². The van der Waals surface area contributed by atoms with E-state index < -0.39 is 6.10 Å². The van der Waals surface area contributed by atoms with E-state index in [2.05, 4.69) is 4.98 Å². The van der Waals surface area contributed by atoms with E-state index in [0.29, 0.717) is 6.42 Å². The van der Waals surface area contributed by atoms with Crippen molar-refractivity contribution in [1.29, 1.82) is 0 Å². The number of imidazole rings is 1. The summed E-state index contributed by atoms with van der Waals surface area (Å²) < 4.78 is 1.95. The second-order valence-corrected chi connectivity index (χ2v) is 5.57. The molecule has 3 aromatic rings. The molecule has 0 aliphatic heterocycles. The van der Waals surface area contributed by atoms with Crippen LogP contribution >= 0.6 is 11.6 Å². The van der Waals surface area contributed by atoms with Gasteiger partial charge in [-0.1, -0.05) is 30.7 Å². The van der Waals surface area contributed by atoms with Gasteiger partial charge < -0.3 is 9.51 Å². The lowest BCUT2D eigenvalue weighted by molar-refractivity contribution is 0.168. The molecular weight excluding hydrogens is 284 g/mol. The lowest BCUT2D eigenvalue weighted by atomic mass is 10.0. The number of fused-ring (bicyclic) bond motifs is 1. The summed E-state index contributed by atoms with van der Waals surface area (Å²) in [5, 5.41) is 11.1. The molecule has 3 nitrogen and oxygen atoms in total. The Labute approximate surface area is 128 Å². The summed E-state index contributed by atoms with van der Waals surface area (Å²) in [5.41, 5.74) is 4.46. The Kier molecular flexibility index (Phi) is 3.70. The molecule has 0 saturated heterocycles. The average Bonchev–Trinajstić information content (AvgIpc) is 2.88. The third kappa shape index (κ3) is 2.43. The van der Waals surface area contributed by atoms with E-state index in [1.165, 1.54) is 0 Å². The first-order chi connectivity index (χ1) is 10.1. The maximum absolute atomic E-state index is 10.4. The minimum absolute atomic E-state index is 0.548. The summed E-state index contributed by atoms with van der Waals surface area (Å²) in [6, 6.07) is 11.7. The van der Waals surface area contributed by atoms with Gasteiger partial charge in [0.1, 0.15) is 5.65 Å². The van der Waals surface area contributed by atoms with Gasteiger partial charge in [-0.05, 0) is 43.2 Å². The van der Waals surface area contributed by atoms with Crippen LogP contribution in [0.25, 0.3) is 16.9 Å². The van der Waals surface area contributed by atoms with Gasteiger partial charge in [-0.25, -0.2) is 4.98 Å². The third-order valence-electron chi connectivity index (χ3n) is 3.70. The van der Waals surface area contributed by atoms with E-state index in [-0.39, 0.29) is 0 Å². The van der Waals surface area contributed by atoms with Crippen LogP contribution in [0, 0.1) is 6.92 Å². The predicted molar refractivity (Wildman–Crippen MR) is 85.6 cm³/mol. The molecule has 0 aliphatic carbocycles. The van der Waals surface area contributed by atoms with Crippen molar-refractivity contribution in [1.82, 2.24) is 9.38 Å². The fourth-order valence-electron chi connectivity index (χ4n) is 2.53. The van der Waals surface area contributed by atoms with Crippen LogP contribution in [0.3, 0.4) is 0 Å². The van der Waals surface area contributed by atoms with E-state index in [9.17, 15) is 5.11 Å². The van der Waals surface area contributed by atoms with Gasteiger partial charge in [0.2, 0.25) is 0 Å². The molecule has 2 heterocycles. The monoisotopic (exact) mass is 300 g/mol. The molecule has 4 heteroatoms. The molecule has 1 atom stereocenters. The minimum Gasteiger partial charge on any atom is -0.387 e. The maximum Gasteiger partial charge on any atom is 0.137 e. The van der Waals surface area contributed by atoms with Crippen molar-refractivity contribution in [3.8, 4) is 11.3 Å². The second kappa shape index (κ2) is 5.51. The number of aryl methyl sites for hydroxylation is 1. The number of pyridine rings is 1. The molecule has 1 aromatic carbocycles. The molecule has 1 N–H and O–H groups in total. The second-order valence-electron chi connectivity index (χ2n) is 5.16. The summed E-state index contributed by atoms with van der Waals surface area (Å²) in [6.45, 7) is 3.93. The number of aliphatic hydroxyl groups is 1. The average molecular weight is 301 g/mol. The molecule has 0 saturated carbocycles. The quantitative estimate of drug-likeness (QED) is 0.778. The summed E-state index contributed by atoms with van der Waals surface area (Å²) in [6.07, 6.45) is 2.03. The first-order valence-electron chi connectivity index (χ1n) is 7.03. The third-order valence-corrected chi connectivity index (χ3v) is 4.12. The molecule has 2 aromatic heterocycles. The lowest BCUT2D eigenvalue weighted by Gasteiger charge is -2.11. The highest BCUT2D eigenvalue weighted by Crippen LogP contribution is 2.32. The van der Waals surface area contributed by atoms with Crippen LogP contribution in [0.5, 0.6) is 0 Å². The topological polar surface area (TPSA) is 37.5 Å². The summed E-state index contributed by atoms with van der Waals surface area (Å²) in [4.78, 5) is 4.68. The van der Waals surface area contributed by atoms with Gasteiger partial charge in [-0.3, -0.25) is 0 Å². The molecule has 3 rings (SSSR count). The van der Waals surface area contributed by atoms with E-state index in [4.69, 9.17) is 11.6 Å². The Bertz CT molecular complexity index is 795. The maximum atomic E-state index is 10.4. The first kappa shape index (κ1) is 14.1. The van der Waals surface area contributed by atoms with E-state index in [1.807, 2.05) is 60.8 Å². The highest BCUT2D eigenvalue weighted by molar-refractivity contribution is 6.31. The normalized spacial score (nSPS) is 12.8. The fourth-order valence-corrected chi connectivity index (χ4v) is 2.65. The highest BCUT2D eigenvalue weighted by Gasteiger charge is 2.19. The van der Waals surface area contributed by atoms with Crippen molar-refractivity contribution >= 4 is 17.2 Å². The Hall–Kier alpha value is -1.84. The molecule has 0 bridgehead atoms. The van der Waals surface area contributed by atoms with Crippen LogP contribution in [0.1, 0.15) is 30.7 Å². The number of aliphatic hydroxyl groups excluding tert-OH is 1. The molecule has 21 heavy (non-hydrogen) atoms. The fraction of sp³-hybridized carbons (Fsp3) is 0.235. The van der Waals surface area contributed by atoms with Crippen molar-refractivity contribution in [2.45, 2.75) is 26.4 Å². The van der Waals surface area contributed by atoms with Crippen molar-refractivity contribution in [3.05, 3.63) is 58.9 Å². The molecule has 0 spiro atoms. The van der Waals surface area contributed by atoms with Gasteiger partial charge in [-0.15, -0.1) is 0 Å². The molecule has 0 radical (unpaired) electrons. The van der Waals surface area contributed by atoms with Crippen molar-refractivity contribution in [2.24, 2.45) is 0 Å². The predicted octanol–water partition coefficient (Wildman–Crippen LogP) is 4.41. The van der Waals surface area contributed by atoms with Crippen LogP contribution in [-0.2, 0) is 0 Å². The minimum atomic E-state index is -0.548. The molecule has 108 valence electrons. The summed E-state index contributed by atoms with van der Waals surface area (Å²) in [7, 11) is 0. The summed E-state index contributed by atoms with van der Waals surface area (Å²) >= 11 is 6.10. The zero-order chi connectivity index (χ0) is 15.0. The van der Waals surface area contributed by atoms with E-state index in [1.54, 1.807) is 0 Å². The van der Waals surface area contributed by atoms with Crippen molar-refractivity contribution in [3.63, 3.8) is 0 Å². The van der Waals surface area contributed by atoms with Gasteiger partial charge in [-0.2, -0.15) is 0 Å². The van der Waals surface area contributed by atoms with Crippen LogP contribution < -0.4 is 0 Å². The number of benzene rings is 1. The number of hydrogen-bond donors (Lipinski definition) is 1. The molecule has 0 fully saturated rings. The smallest absolute Gasteiger partial charge is 0.137 e. The Morgan fingerprint density at radius 3 is 2.81 bits per heavy atom. The number of aromatic nitrogens is 2. The Morgan fingerprint density at radius 2 is 2.10 bits per heavy atom. The number of halogens is 1. The van der Waals surface area contributed by atoms with Crippen molar-refractivity contribution < 1.29 is 5.11 Å². The van der Waals surface area contributed by atoms with Gasteiger partial charge in [0.15, 0.2) is 0 Å². The molecule has 1 unspecified atom stereocenters. The summed E-state index contributed by atoms with van der Waals surface area (Å²) in [5.74, 6) is 0. The van der Waals surface area contributed by atoms with Gasteiger partial charge in [0.05, 0.1) is 17.5 Å². The highest BCUT2D eigenvalue weighted by atomic mass is 35.5. The molecule has 0 aliphatic rings.